The molecule has 3 N–H and O–H groups in total. The molecule has 2 atom stereocenters. The van der Waals surface area contributed by atoms with Gasteiger partial charge in [0.05, 0.1) is 25.4 Å². The first kappa shape index (κ1) is 73.3. The number of esters is 1. The van der Waals surface area contributed by atoms with Crippen molar-refractivity contribution in [2.45, 2.75) is 392 Å². The Bertz CT molecular complexity index is 1170. The normalized spacial score (nSPS) is 12.6. The molecule has 0 aromatic rings. The maximum atomic E-state index is 12.4. The Balaban J connectivity index is 3.31. The largest absolute Gasteiger partial charge is 0.466 e. The molecule has 0 bridgehead atoms. The number of carbonyl (C=O) groups excluding carboxylic acids is 2. The minimum absolute atomic E-state index is 0.0134. The monoisotopic (exact) mass is 1060 g/mol. The SMILES string of the molecule is CCCCCCCC/C=C\CCCCCCCC(=O)OCCCCCCCCCCCCCCCCCCCCCCCCCCCCCCCCCCC(=O)NC(CO)C(O)/C=C/CCCCCCCCCCC. The maximum absolute atomic E-state index is 12.4. The van der Waals surface area contributed by atoms with Gasteiger partial charge in [0, 0.05) is 12.8 Å². The molecule has 0 spiro atoms. The van der Waals surface area contributed by atoms with Crippen LogP contribution in [0.25, 0.3) is 0 Å². The molecule has 444 valence electrons. The highest BCUT2D eigenvalue weighted by molar-refractivity contribution is 5.76. The van der Waals surface area contributed by atoms with E-state index in [1.165, 1.54) is 308 Å². The molecule has 0 saturated heterocycles. The summed E-state index contributed by atoms with van der Waals surface area (Å²) >= 11 is 0. The molecule has 0 aliphatic rings. The standard InChI is InChI=1S/C69H133NO5/c1-3-5-7-9-11-13-15-16-35-39-43-47-51-55-59-63-69(74)75-64-60-56-52-48-44-40-37-34-32-30-28-26-24-22-20-18-17-19-21-23-25-27-29-31-33-36-38-42-46-50-54-58-62-68(73)70-66(65-71)67(72)61-57-53-49-45-41-14-12-10-8-6-4-2/h16,35,57,61,66-67,71-72H,3-15,17-34,36-56,58-60,62-65H2,1-2H3,(H,70,73)/b35-16-,61-57+. The van der Waals surface area contributed by atoms with E-state index >= 15 is 0 Å². The van der Waals surface area contributed by atoms with Gasteiger partial charge >= 0.3 is 5.97 Å². The van der Waals surface area contributed by atoms with Crippen molar-refractivity contribution in [2.75, 3.05) is 13.2 Å². The molecule has 0 aromatic carbocycles. The lowest BCUT2D eigenvalue weighted by molar-refractivity contribution is -0.143. The topological polar surface area (TPSA) is 95.9 Å². The zero-order valence-corrected chi connectivity index (χ0v) is 50.8. The first-order chi connectivity index (χ1) is 37.0. The van der Waals surface area contributed by atoms with Crippen molar-refractivity contribution in [1.29, 1.82) is 0 Å². The first-order valence-corrected chi connectivity index (χ1v) is 34.1. The second-order valence-electron chi connectivity index (χ2n) is 23.5. The number of rotatable bonds is 64. The van der Waals surface area contributed by atoms with E-state index in [2.05, 4.69) is 31.3 Å². The molecule has 0 radical (unpaired) electrons. The highest BCUT2D eigenvalue weighted by Crippen LogP contribution is 2.19. The van der Waals surface area contributed by atoms with Crippen molar-refractivity contribution in [3.05, 3.63) is 24.3 Å². The summed E-state index contributed by atoms with van der Waals surface area (Å²) in [6, 6.07) is -0.622. The molecule has 0 rings (SSSR count). The Morgan fingerprint density at radius 2 is 0.627 bits per heavy atom. The summed E-state index contributed by atoms with van der Waals surface area (Å²) in [6.07, 6.45) is 81.2. The molecule has 0 aliphatic carbocycles. The Morgan fingerprint density at radius 3 is 0.947 bits per heavy atom. The number of hydrogen-bond donors (Lipinski definition) is 3. The fourth-order valence-electron chi connectivity index (χ4n) is 10.7. The Labute approximate surface area is 469 Å². The highest BCUT2D eigenvalue weighted by Gasteiger charge is 2.18. The van der Waals surface area contributed by atoms with Crippen LogP contribution in [0.15, 0.2) is 24.3 Å². The Hall–Kier alpha value is -1.66. The molecular weight excluding hydrogens is 923 g/mol. The van der Waals surface area contributed by atoms with Gasteiger partial charge in [0.15, 0.2) is 0 Å². The number of carbonyl (C=O) groups is 2. The molecule has 0 fully saturated rings. The van der Waals surface area contributed by atoms with E-state index in [0.717, 1.165) is 44.9 Å². The lowest BCUT2D eigenvalue weighted by atomic mass is 10.0. The highest BCUT2D eigenvalue weighted by atomic mass is 16.5. The fourth-order valence-corrected chi connectivity index (χ4v) is 10.7. The van der Waals surface area contributed by atoms with E-state index in [1.807, 2.05) is 6.08 Å². The van der Waals surface area contributed by atoms with Crippen LogP contribution in [0.2, 0.25) is 0 Å². The van der Waals surface area contributed by atoms with Gasteiger partial charge in [-0.25, -0.2) is 0 Å². The van der Waals surface area contributed by atoms with E-state index in [0.29, 0.717) is 19.4 Å². The van der Waals surface area contributed by atoms with Crippen molar-refractivity contribution in [3.8, 4) is 0 Å². The van der Waals surface area contributed by atoms with Crippen LogP contribution in [-0.4, -0.2) is 47.4 Å². The van der Waals surface area contributed by atoms with Gasteiger partial charge in [-0.3, -0.25) is 9.59 Å². The van der Waals surface area contributed by atoms with Crippen molar-refractivity contribution in [2.24, 2.45) is 0 Å². The third-order valence-corrected chi connectivity index (χ3v) is 16.0. The molecule has 0 saturated carbocycles. The van der Waals surface area contributed by atoms with Crippen molar-refractivity contribution in [1.82, 2.24) is 5.32 Å². The summed E-state index contributed by atoms with van der Waals surface area (Å²) in [5, 5.41) is 23.0. The quantitative estimate of drug-likeness (QED) is 0.0320. The fraction of sp³-hybridized carbons (Fsp3) is 0.913. The smallest absolute Gasteiger partial charge is 0.305 e. The van der Waals surface area contributed by atoms with E-state index in [1.54, 1.807) is 6.08 Å². The number of aliphatic hydroxyl groups excluding tert-OH is 2. The zero-order valence-electron chi connectivity index (χ0n) is 50.8. The summed E-state index contributed by atoms with van der Waals surface area (Å²) in [7, 11) is 0. The van der Waals surface area contributed by atoms with Gasteiger partial charge in [-0.2, -0.15) is 0 Å². The van der Waals surface area contributed by atoms with Crippen LogP contribution < -0.4 is 5.32 Å². The first-order valence-electron chi connectivity index (χ1n) is 34.1. The minimum atomic E-state index is -0.839. The van der Waals surface area contributed by atoms with Crippen molar-refractivity contribution in [3.63, 3.8) is 0 Å². The molecule has 75 heavy (non-hydrogen) atoms. The maximum Gasteiger partial charge on any atom is 0.305 e. The second kappa shape index (κ2) is 64.9. The number of hydrogen-bond acceptors (Lipinski definition) is 5. The molecule has 0 heterocycles. The Morgan fingerprint density at radius 1 is 0.360 bits per heavy atom. The zero-order chi connectivity index (χ0) is 54.3. The molecule has 0 aromatic heterocycles. The molecular formula is C69H133NO5. The van der Waals surface area contributed by atoms with Gasteiger partial charge in [-0.15, -0.1) is 0 Å². The van der Waals surface area contributed by atoms with Crippen LogP contribution >= 0.6 is 0 Å². The van der Waals surface area contributed by atoms with E-state index in [-0.39, 0.29) is 18.5 Å². The lowest BCUT2D eigenvalue weighted by Crippen LogP contribution is -2.45. The van der Waals surface area contributed by atoms with Crippen LogP contribution in [0, 0.1) is 0 Å². The summed E-state index contributed by atoms with van der Waals surface area (Å²) < 4.78 is 5.49. The van der Waals surface area contributed by atoms with Crippen LogP contribution in [0.3, 0.4) is 0 Å². The van der Waals surface area contributed by atoms with Crippen LogP contribution in [0.5, 0.6) is 0 Å². The molecule has 0 aliphatic heterocycles. The van der Waals surface area contributed by atoms with Crippen molar-refractivity contribution < 1.29 is 24.5 Å². The van der Waals surface area contributed by atoms with Gasteiger partial charge in [-0.1, -0.05) is 334 Å². The minimum Gasteiger partial charge on any atom is -0.466 e. The predicted octanol–water partition coefficient (Wildman–Crippen LogP) is 21.8. The number of allylic oxidation sites excluding steroid dienone is 3. The van der Waals surface area contributed by atoms with E-state index < -0.39 is 12.1 Å². The van der Waals surface area contributed by atoms with Crippen LogP contribution in [-0.2, 0) is 14.3 Å². The third kappa shape index (κ3) is 61.4. The van der Waals surface area contributed by atoms with Gasteiger partial charge in [0.1, 0.15) is 0 Å². The molecule has 1 amide bonds. The number of nitrogens with one attached hydrogen (secondary N) is 1. The van der Waals surface area contributed by atoms with Crippen LogP contribution in [0.4, 0.5) is 0 Å². The Kier molecular flexibility index (Phi) is 63.4. The van der Waals surface area contributed by atoms with Gasteiger partial charge in [0.2, 0.25) is 5.91 Å². The van der Waals surface area contributed by atoms with Crippen molar-refractivity contribution >= 4 is 11.9 Å². The number of amides is 1. The molecule has 6 heteroatoms. The summed E-state index contributed by atoms with van der Waals surface area (Å²) in [5.41, 5.74) is 0. The average molecular weight is 1060 g/mol. The number of ether oxygens (including phenoxy) is 1. The second-order valence-corrected chi connectivity index (χ2v) is 23.5. The number of aliphatic hydroxyl groups is 2. The third-order valence-electron chi connectivity index (χ3n) is 16.0. The summed E-state index contributed by atoms with van der Waals surface area (Å²) in [6.45, 7) is 4.91. The van der Waals surface area contributed by atoms with Crippen LogP contribution in [0.1, 0.15) is 380 Å². The van der Waals surface area contributed by atoms with E-state index in [9.17, 15) is 19.8 Å². The van der Waals surface area contributed by atoms with E-state index in [4.69, 9.17) is 4.74 Å². The predicted molar refractivity (Wildman–Crippen MR) is 329 cm³/mol. The summed E-state index contributed by atoms with van der Waals surface area (Å²) in [5.74, 6) is -0.0498. The van der Waals surface area contributed by atoms with Gasteiger partial charge in [-0.05, 0) is 57.8 Å². The average Bonchev–Trinajstić information content (AvgIpc) is 3.41. The van der Waals surface area contributed by atoms with Gasteiger partial charge < -0.3 is 20.3 Å². The molecule has 2 unspecified atom stereocenters. The summed E-state index contributed by atoms with van der Waals surface area (Å²) in [4.78, 5) is 24.5. The molecule has 6 nitrogen and oxygen atoms in total. The number of unbranched alkanes of at least 4 members (excludes halogenated alkanes) is 51. The lowest BCUT2D eigenvalue weighted by Gasteiger charge is -2.20. The van der Waals surface area contributed by atoms with Gasteiger partial charge in [0.25, 0.3) is 0 Å².